The zero-order valence-corrected chi connectivity index (χ0v) is 14.4. The smallest absolute Gasteiger partial charge is 0.343 e. The third-order valence-electron chi connectivity index (χ3n) is 3.98. The van der Waals surface area contributed by atoms with Gasteiger partial charge >= 0.3 is 5.97 Å². The lowest BCUT2D eigenvalue weighted by molar-refractivity contribution is 0.0735. The van der Waals surface area contributed by atoms with Gasteiger partial charge in [0.25, 0.3) is 0 Å². The van der Waals surface area contributed by atoms with Gasteiger partial charge in [-0.3, -0.25) is 0 Å². The summed E-state index contributed by atoms with van der Waals surface area (Å²) in [7, 11) is 0. The third kappa shape index (κ3) is 3.04. The highest BCUT2D eigenvalue weighted by Crippen LogP contribution is 2.35. The number of esters is 1. The fourth-order valence-electron chi connectivity index (χ4n) is 2.68. The van der Waals surface area contributed by atoms with E-state index < -0.39 is 0 Å². The van der Waals surface area contributed by atoms with E-state index in [1.807, 2.05) is 67.6 Å². The number of aryl methyl sites for hydroxylation is 1. The lowest BCUT2D eigenvalue weighted by Crippen LogP contribution is -2.10. The molecular weight excluding hydrogens is 330 g/mol. The molecule has 0 saturated heterocycles. The van der Waals surface area contributed by atoms with Crippen LogP contribution in [-0.2, 0) is 0 Å². The number of hydrogen-bond donors (Lipinski definition) is 0. The molecule has 25 heavy (non-hydrogen) atoms. The minimum atomic E-state index is -0.355. The summed E-state index contributed by atoms with van der Waals surface area (Å²) in [6.07, 6.45) is 0. The summed E-state index contributed by atoms with van der Waals surface area (Å²) in [5.41, 5.74) is 3.24. The van der Waals surface area contributed by atoms with E-state index >= 15 is 0 Å². The molecule has 0 saturated carbocycles. The number of carbonyl (C=O) groups excluding carboxylic acids is 1. The topological polar surface area (TPSA) is 39.2 Å². The Hall–Kier alpha value is -2.98. The van der Waals surface area contributed by atoms with Crippen LogP contribution < -0.4 is 4.74 Å². The molecule has 4 rings (SSSR count). The van der Waals surface area contributed by atoms with Crippen molar-refractivity contribution < 1.29 is 9.53 Å². The number of carbonyl (C=O) groups is 1. The number of fused-ring (bicyclic) bond motifs is 1. The van der Waals surface area contributed by atoms with Gasteiger partial charge < -0.3 is 4.74 Å². The molecule has 0 unspecified atom stereocenters. The van der Waals surface area contributed by atoms with Gasteiger partial charge in [0.15, 0.2) is 0 Å². The van der Waals surface area contributed by atoms with Gasteiger partial charge in [-0.25, -0.2) is 9.78 Å². The minimum Gasteiger partial charge on any atom is -0.422 e. The van der Waals surface area contributed by atoms with Gasteiger partial charge in [-0.05, 0) is 42.8 Å². The summed E-state index contributed by atoms with van der Waals surface area (Å²) >= 11 is 1.59. The van der Waals surface area contributed by atoms with E-state index in [1.165, 1.54) is 0 Å². The maximum Gasteiger partial charge on any atom is 0.343 e. The number of para-hydroxylation sites is 2. The first kappa shape index (κ1) is 15.5. The van der Waals surface area contributed by atoms with Crippen molar-refractivity contribution in [3.63, 3.8) is 0 Å². The van der Waals surface area contributed by atoms with Crippen molar-refractivity contribution in [1.82, 2.24) is 4.98 Å². The molecule has 0 aliphatic carbocycles. The number of ether oxygens (including phenoxy) is 1. The van der Waals surface area contributed by atoms with Crippen molar-refractivity contribution in [3.8, 4) is 16.3 Å². The Morgan fingerprint density at radius 3 is 2.48 bits per heavy atom. The Balaban J connectivity index is 1.72. The predicted octanol–water partition coefficient (Wildman–Crippen LogP) is 5.49. The van der Waals surface area contributed by atoms with Crippen LogP contribution in [0.3, 0.4) is 0 Å². The van der Waals surface area contributed by atoms with Crippen LogP contribution in [-0.4, -0.2) is 11.0 Å². The van der Waals surface area contributed by atoms with Crippen LogP contribution >= 0.6 is 11.3 Å². The molecule has 0 aliphatic heterocycles. The highest BCUT2D eigenvalue weighted by molar-refractivity contribution is 7.21. The van der Waals surface area contributed by atoms with Gasteiger partial charge in [-0.1, -0.05) is 42.5 Å². The molecule has 0 fully saturated rings. The maximum atomic E-state index is 12.6. The molecule has 3 nitrogen and oxygen atoms in total. The van der Waals surface area contributed by atoms with E-state index in [4.69, 9.17) is 4.74 Å². The average Bonchev–Trinajstić information content (AvgIpc) is 3.06. The summed E-state index contributed by atoms with van der Waals surface area (Å²) in [5, 5.41) is 0.842. The number of nitrogens with zero attached hydrogens (tertiary/aromatic N) is 1. The van der Waals surface area contributed by atoms with E-state index in [9.17, 15) is 4.79 Å². The lowest BCUT2D eigenvalue weighted by Gasteiger charge is -2.09. The highest BCUT2D eigenvalue weighted by Gasteiger charge is 2.16. The van der Waals surface area contributed by atoms with E-state index in [1.54, 1.807) is 23.5 Å². The molecule has 3 aromatic carbocycles. The molecule has 0 bridgehead atoms. The average molecular weight is 345 g/mol. The predicted molar refractivity (Wildman–Crippen MR) is 101 cm³/mol. The first-order valence-electron chi connectivity index (χ1n) is 7.95. The lowest BCUT2D eigenvalue weighted by atomic mass is 10.1. The SMILES string of the molecule is Cc1ccccc1C(=O)Oc1ccccc1-c1nc2ccccc2s1. The summed E-state index contributed by atoms with van der Waals surface area (Å²) in [4.78, 5) is 17.2. The third-order valence-corrected chi connectivity index (χ3v) is 5.05. The Labute approximate surface area is 149 Å². The molecule has 122 valence electrons. The van der Waals surface area contributed by atoms with Crippen LogP contribution in [0.1, 0.15) is 15.9 Å². The molecule has 1 aromatic heterocycles. The van der Waals surface area contributed by atoms with Gasteiger partial charge in [0.1, 0.15) is 10.8 Å². The fraction of sp³-hybridized carbons (Fsp3) is 0.0476. The highest BCUT2D eigenvalue weighted by atomic mass is 32.1. The molecule has 4 aromatic rings. The second-order valence-corrected chi connectivity index (χ2v) is 6.72. The van der Waals surface area contributed by atoms with Gasteiger partial charge in [0, 0.05) is 0 Å². The number of aromatic nitrogens is 1. The Kier molecular flexibility index (Phi) is 4.04. The normalized spacial score (nSPS) is 10.8. The monoisotopic (exact) mass is 345 g/mol. The summed E-state index contributed by atoms with van der Waals surface area (Å²) in [5.74, 6) is 0.168. The maximum absolute atomic E-state index is 12.6. The standard InChI is InChI=1S/C21H15NO2S/c1-14-8-2-3-9-15(14)21(23)24-18-12-6-4-10-16(18)20-22-17-11-5-7-13-19(17)25-20/h2-13H,1H3. The van der Waals surface area contributed by atoms with Gasteiger partial charge in [0.05, 0.1) is 21.3 Å². The van der Waals surface area contributed by atoms with Crippen molar-refractivity contribution >= 4 is 27.5 Å². The van der Waals surface area contributed by atoms with E-state index in [-0.39, 0.29) is 5.97 Å². The summed E-state index contributed by atoms with van der Waals surface area (Å²) < 4.78 is 6.80. The minimum absolute atomic E-state index is 0.355. The van der Waals surface area contributed by atoms with Crippen LogP contribution in [0.4, 0.5) is 0 Å². The molecule has 0 spiro atoms. The summed E-state index contributed by atoms with van der Waals surface area (Å²) in [6, 6.07) is 22.9. The molecule has 0 aliphatic rings. The number of hydrogen-bond acceptors (Lipinski definition) is 4. The zero-order valence-electron chi connectivity index (χ0n) is 13.6. The Morgan fingerprint density at radius 2 is 1.64 bits per heavy atom. The molecule has 0 radical (unpaired) electrons. The molecule has 0 N–H and O–H groups in total. The molecular formula is C21H15NO2S. The van der Waals surface area contributed by atoms with Crippen molar-refractivity contribution in [1.29, 1.82) is 0 Å². The van der Waals surface area contributed by atoms with Crippen LogP contribution in [0.15, 0.2) is 72.8 Å². The van der Waals surface area contributed by atoms with E-state index in [0.29, 0.717) is 11.3 Å². The fourth-order valence-corrected chi connectivity index (χ4v) is 3.67. The van der Waals surface area contributed by atoms with Crippen molar-refractivity contribution in [2.24, 2.45) is 0 Å². The largest absolute Gasteiger partial charge is 0.422 e. The first-order valence-corrected chi connectivity index (χ1v) is 8.77. The van der Waals surface area contributed by atoms with Crippen LogP contribution in [0, 0.1) is 6.92 Å². The van der Waals surface area contributed by atoms with Gasteiger partial charge in [0.2, 0.25) is 0 Å². The molecule has 0 atom stereocenters. The quantitative estimate of drug-likeness (QED) is 0.364. The van der Waals surface area contributed by atoms with Gasteiger partial charge in [-0.2, -0.15) is 0 Å². The Bertz CT molecular complexity index is 1040. The molecule has 1 heterocycles. The van der Waals surface area contributed by atoms with Crippen LogP contribution in [0.2, 0.25) is 0 Å². The van der Waals surface area contributed by atoms with Crippen molar-refractivity contribution in [3.05, 3.63) is 83.9 Å². The number of thiazole rings is 1. The van der Waals surface area contributed by atoms with Gasteiger partial charge in [-0.15, -0.1) is 11.3 Å². The molecule has 0 amide bonds. The number of rotatable bonds is 3. The second-order valence-electron chi connectivity index (χ2n) is 5.69. The molecule has 4 heteroatoms. The van der Waals surface area contributed by atoms with Crippen LogP contribution in [0.25, 0.3) is 20.8 Å². The Morgan fingerprint density at radius 1 is 0.920 bits per heavy atom. The second kappa shape index (κ2) is 6.49. The number of benzene rings is 3. The van der Waals surface area contributed by atoms with E-state index in [0.717, 1.165) is 26.4 Å². The van der Waals surface area contributed by atoms with Crippen molar-refractivity contribution in [2.75, 3.05) is 0 Å². The zero-order chi connectivity index (χ0) is 17.2. The first-order chi connectivity index (χ1) is 12.2. The summed E-state index contributed by atoms with van der Waals surface area (Å²) in [6.45, 7) is 1.90. The van der Waals surface area contributed by atoms with Crippen molar-refractivity contribution in [2.45, 2.75) is 6.92 Å². The van der Waals surface area contributed by atoms with E-state index in [2.05, 4.69) is 4.98 Å². The van der Waals surface area contributed by atoms with Crippen LogP contribution in [0.5, 0.6) is 5.75 Å².